The highest BCUT2D eigenvalue weighted by molar-refractivity contribution is 14.1. The minimum absolute atomic E-state index is 0.101. The first-order valence-corrected chi connectivity index (χ1v) is 5.44. The zero-order valence-electron chi connectivity index (χ0n) is 6.74. The van der Waals surface area contributed by atoms with Crippen LogP contribution in [0.4, 0.5) is 8.78 Å². The molecule has 1 aliphatic rings. The van der Waals surface area contributed by atoms with Crippen LogP contribution in [0.1, 0.15) is 20.7 Å². The van der Waals surface area contributed by atoms with E-state index in [0.717, 1.165) is 0 Å². The molecule has 0 aromatic heterocycles. The van der Waals surface area contributed by atoms with E-state index in [9.17, 15) is 18.4 Å². The second kappa shape index (κ2) is 3.48. The number of fused-ring (bicyclic) bond motifs is 1. The Morgan fingerprint density at radius 3 is 2.07 bits per heavy atom. The number of carbonyl (C=O) groups is 2. The number of cyclic esters (lactones) is 2. The number of esters is 2. The molecule has 0 bridgehead atoms. The molecule has 0 spiro atoms. The Morgan fingerprint density at radius 2 is 1.53 bits per heavy atom. The van der Waals surface area contributed by atoms with Crippen molar-refractivity contribution in [3.8, 4) is 0 Å². The van der Waals surface area contributed by atoms with Crippen molar-refractivity contribution < 1.29 is 23.1 Å². The lowest BCUT2D eigenvalue weighted by atomic mass is 10.1. The molecule has 0 amide bonds. The van der Waals surface area contributed by atoms with Crippen molar-refractivity contribution in [3.05, 3.63) is 30.8 Å². The first kappa shape index (κ1) is 10.9. The maximum atomic E-state index is 13.5. The monoisotopic (exact) mass is 388 g/mol. The minimum atomic E-state index is -1.16. The average Bonchev–Trinajstić information content (AvgIpc) is 2.47. The van der Waals surface area contributed by atoms with E-state index < -0.39 is 34.7 Å². The number of benzene rings is 1. The van der Waals surface area contributed by atoms with Crippen LogP contribution in [-0.2, 0) is 4.74 Å². The fourth-order valence-corrected chi connectivity index (χ4v) is 2.08. The number of ether oxygens (including phenoxy) is 1. The van der Waals surface area contributed by atoms with Gasteiger partial charge in [-0.2, -0.15) is 0 Å². The Hall–Kier alpha value is -0.570. The summed E-state index contributed by atoms with van der Waals surface area (Å²) in [5, 5.41) is 0. The number of rotatable bonds is 0. The molecule has 0 fully saturated rings. The van der Waals surface area contributed by atoms with Crippen molar-refractivity contribution in [1.29, 1.82) is 0 Å². The quantitative estimate of drug-likeness (QED) is 0.225. The van der Waals surface area contributed by atoms with Gasteiger partial charge >= 0.3 is 11.9 Å². The zero-order chi connectivity index (χ0) is 11.3. The van der Waals surface area contributed by atoms with E-state index in [4.69, 9.17) is 0 Å². The van der Waals surface area contributed by atoms with Crippen LogP contribution in [0.15, 0.2) is 4.47 Å². The third-order valence-electron chi connectivity index (χ3n) is 1.86. The van der Waals surface area contributed by atoms with Crippen molar-refractivity contribution in [3.63, 3.8) is 0 Å². The summed E-state index contributed by atoms with van der Waals surface area (Å²) >= 11 is 4.31. The number of hydrogen-bond acceptors (Lipinski definition) is 3. The van der Waals surface area contributed by atoms with Crippen LogP contribution < -0.4 is 0 Å². The second-order valence-corrected chi connectivity index (χ2v) is 4.55. The van der Waals surface area contributed by atoms with E-state index in [1.54, 1.807) is 0 Å². The van der Waals surface area contributed by atoms with E-state index >= 15 is 0 Å². The van der Waals surface area contributed by atoms with Crippen molar-refractivity contribution in [2.24, 2.45) is 0 Å². The smallest absolute Gasteiger partial charge is 0.350 e. The highest BCUT2D eigenvalue weighted by atomic mass is 127. The molecule has 7 heteroatoms. The van der Waals surface area contributed by atoms with E-state index in [1.165, 1.54) is 22.6 Å². The van der Waals surface area contributed by atoms with Gasteiger partial charge in [-0.3, -0.25) is 0 Å². The highest BCUT2D eigenvalue weighted by Crippen LogP contribution is 2.34. The molecule has 2 rings (SSSR count). The molecule has 1 aromatic carbocycles. The summed E-state index contributed by atoms with van der Waals surface area (Å²) < 4.78 is 30.8. The first-order valence-electron chi connectivity index (χ1n) is 3.57. The molecular weight excluding hydrogens is 389 g/mol. The molecule has 0 aliphatic carbocycles. The fraction of sp³-hybridized carbons (Fsp3) is 0. The lowest BCUT2D eigenvalue weighted by molar-refractivity contribution is 0.0441. The van der Waals surface area contributed by atoms with Gasteiger partial charge in [-0.15, -0.1) is 0 Å². The van der Waals surface area contributed by atoms with Crippen LogP contribution in [-0.4, -0.2) is 11.9 Å². The van der Waals surface area contributed by atoms with Crippen LogP contribution in [0.25, 0.3) is 0 Å². The number of halogens is 4. The molecular formula is C8BrF2IO3. The molecule has 0 atom stereocenters. The van der Waals surface area contributed by atoms with Gasteiger partial charge in [0.15, 0.2) is 11.6 Å². The largest absolute Gasteiger partial charge is 0.385 e. The second-order valence-electron chi connectivity index (χ2n) is 2.68. The van der Waals surface area contributed by atoms with Gasteiger partial charge in [0.05, 0.1) is 8.04 Å². The van der Waals surface area contributed by atoms with Crippen LogP contribution >= 0.6 is 38.5 Å². The summed E-state index contributed by atoms with van der Waals surface area (Å²) in [5.74, 6) is -4.25. The van der Waals surface area contributed by atoms with Crippen molar-refractivity contribution in [2.75, 3.05) is 0 Å². The summed E-state index contributed by atoms with van der Waals surface area (Å²) in [5.41, 5.74) is -1.28. The van der Waals surface area contributed by atoms with Crippen LogP contribution in [0.5, 0.6) is 0 Å². The van der Waals surface area contributed by atoms with E-state index in [2.05, 4.69) is 20.7 Å². The van der Waals surface area contributed by atoms with Gasteiger partial charge in [0.25, 0.3) is 0 Å². The third-order valence-corrected chi connectivity index (χ3v) is 4.36. The standard InChI is InChI=1S/C8BrF2IO3/c9-3-4(10)1-2(5(11)6(3)12)8(14)15-7(1)13. The maximum absolute atomic E-state index is 13.5. The molecule has 1 aromatic rings. The van der Waals surface area contributed by atoms with Gasteiger partial charge in [0.1, 0.15) is 11.1 Å². The fourth-order valence-electron chi connectivity index (χ4n) is 1.20. The SMILES string of the molecule is O=C1OC(=O)c2c(F)c(I)c(Br)c(F)c21. The Balaban J connectivity index is 2.92. The molecule has 0 N–H and O–H groups in total. The summed E-state index contributed by atoms with van der Waals surface area (Å²) in [6.07, 6.45) is 0. The number of carbonyl (C=O) groups excluding carboxylic acids is 2. The molecule has 78 valence electrons. The predicted octanol–water partition coefficient (Wildman–Crippen LogP) is 2.64. The van der Waals surface area contributed by atoms with E-state index in [-0.39, 0.29) is 8.04 Å². The number of hydrogen-bond donors (Lipinski definition) is 0. The Kier molecular flexibility index (Phi) is 2.53. The summed E-state index contributed by atoms with van der Waals surface area (Å²) in [6, 6.07) is 0. The normalized spacial score (nSPS) is 14.1. The van der Waals surface area contributed by atoms with Crippen LogP contribution in [0, 0.1) is 15.2 Å². The lowest BCUT2D eigenvalue weighted by Crippen LogP contribution is -2.04. The lowest BCUT2D eigenvalue weighted by Gasteiger charge is -2.03. The van der Waals surface area contributed by atoms with Crippen LogP contribution in [0.2, 0.25) is 0 Å². The minimum Gasteiger partial charge on any atom is -0.385 e. The molecule has 0 unspecified atom stereocenters. The summed E-state index contributed by atoms with van der Waals surface area (Å²) in [7, 11) is 0. The highest BCUT2D eigenvalue weighted by Gasteiger charge is 2.39. The Bertz CT molecular complexity index is 470. The van der Waals surface area contributed by atoms with Gasteiger partial charge in [0.2, 0.25) is 0 Å². The van der Waals surface area contributed by atoms with Crippen molar-refractivity contribution in [2.45, 2.75) is 0 Å². The third kappa shape index (κ3) is 1.40. The van der Waals surface area contributed by atoms with Gasteiger partial charge in [0, 0.05) is 0 Å². The topological polar surface area (TPSA) is 43.4 Å². The van der Waals surface area contributed by atoms with Crippen molar-refractivity contribution >= 4 is 50.5 Å². The molecule has 3 nitrogen and oxygen atoms in total. The summed E-state index contributed by atoms with van der Waals surface area (Å²) in [6.45, 7) is 0. The molecule has 15 heavy (non-hydrogen) atoms. The Morgan fingerprint density at radius 1 is 1.07 bits per heavy atom. The van der Waals surface area contributed by atoms with Crippen molar-refractivity contribution in [1.82, 2.24) is 0 Å². The van der Waals surface area contributed by atoms with Gasteiger partial charge in [-0.25, -0.2) is 18.4 Å². The first-order chi connectivity index (χ1) is 6.95. The van der Waals surface area contributed by atoms with Crippen LogP contribution in [0.3, 0.4) is 0 Å². The average molecular weight is 389 g/mol. The molecule has 0 saturated carbocycles. The zero-order valence-corrected chi connectivity index (χ0v) is 10.5. The van der Waals surface area contributed by atoms with Gasteiger partial charge in [-0.1, -0.05) is 0 Å². The van der Waals surface area contributed by atoms with Gasteiger partial charge in [-0.05, 0) is 38.5 Å². The maximum Gasteiger partial charge on any atom is 0.350 e. The molecule has 1 heterocycles. The molecule has 0 radical (unpaired) electrons. The molecule has 0 saturated heterocycles. The Labute approximate surface area is 104 Å². The van der Waals surface area contributed by atoms with E-state index in [0.29, 0.717) is 0 Å². The van der Waals surface area contributed by atoms with Gasteiger partial charge < -0.3 is 4.74 Å². The predicted molar refractivity (Wildman–Crippen MR) is 56.5 cm³/mol. The molecule has 1 aliphatic heterocycles. The van der Waals surface area contributed by atoms with E-state index in [1.807, 2.05) is 0 Å². The summed E-state index contributed by atoms with van der Waals surface area (Å²) in [4.78, 5) is 22.1.